The number of hydrogen-bond acceptors (Lipinski definition) is 7. The van der Waals surface area contributed by atoms with Crippen molar-refractivity contribution in [2.75, 3.05) is 0 Å². The second kappa shape index (κ2) is 11.8. The second-order valence-electron chi connectivity index (χ2n) is 12.4. The van der Waals surface area contributed by atoms with Gasteiger partial charge < -0.3 is 4.42 Å². The third kappa shape index (κ3) is 5.16. The normalized spacial score (nSPS) is 11.5. The highest BCUT2D eigenvalue weighted by Crippen LogP contribution is 2.33. The monoisotopic (exact) mass is 654 g/mol. The van der Waals surface area contributed by atoms with Gasteiger partial charge in [-0.3, -0.25) is 0 Å². The average molecular weight is 655 g/mol. The summed E-state index contributed by atoms with van der Waals surface area (Å²) in [5.74, 6) is 1.86. The van der Waals surface area contributed by atoms with Crippen molar-refractivity contribution in [3.05, 3.63) is 158 Å². The number of hydrogen-bond donors (Lipinski definition) is 0. The summed E-state index contributed by atoms with van der Waals surface area (Å²) < 4.78 is 6.03. The average Bonchev–Trinajstić information content (AvgIpc) is 3.59. The van der Waals surface area contributed by atoms with Crippen molar-refractivity contribution in [1.82, 2.24) is 29.9 Å². The van der Waals surface area contributed by atoms with E-state index in [4.69, 9.17) is 34.3 Å². The van der Waals surface area contributed by atoms with Crippen molar-refractivity contribution in [1.29, 1.82) is 0 Å². The Balaban J connectivity index is 1.01. The third-order valence-electron chi connectivity index (χ3n) is 9.16. The van der Waals surface area contributed by atoms with Crippen LogP contribution in [0.2, 0.25) is 0 Å². The Hall–Kier alpha value is -7.12. The SMILES string of the molecule is c1ccc(-c2nc(-c3ccccc3)nc(-c3cccc(-c4ccc5c(ccc6nc(-c7ccc8c(n7)oc7ccccc78)ccc65)n4)c3)n2)cc1. The Bertz CT molecular complexity index is 2870. The van der Waals surface area contributed by atoms with Crippen LogP contribution in [0.4, 0.5) is 0 Å². The van der Waals surface area contributed by atoms with Crippen molar-refractivity contribution in [2.24, 2.45) is 0 Å². The summed E-state index contributed by atoms with van der Waals surface area (Å²) in [6.07, 6.45) is 0. The lowest BCUT2D eigenvalue weighted by Gasteiger charge is -2.10. The van der Waals surface area contributed by atoms with Crippen molar-refractivity contribution in [3.8, 4) is 56.8 Å². The molecule has 5 aromatic heterocycles. The first-order chi connectivity index (χ1) is 25.2. The van der Waals surface area contributed by atoms with Gasteiger partial charge in [0.05, 0.1) is 28.1 Å². The molecule has 238 valence electrons. The van der Waals surface area contributed by atoms with E-state index in [0.29, 0.717) is 23.2 Å². The highest BCUT2D eigenvalue weighted by Gasteiger charge is 2.15. The van der Waals surface area contributed by atoms with Gasteiger partial charge in [-0.05, 0) is 60.7 Å². The number of rotatable bonds is 5. The zero-order chi connectivity index (χ0) is 33.7. The summed E-state index contributed by atoms with van der Waals surface area (Å²) in [4.78, 5) is 29.6. The molecule has 10 aromatic rings. The molecule has 0 spiro atoms. The molecule has 0 saturated heterocycles. The van der Waals surface area contributed by atoms with Gasteiger partial charge in [-0.1, -0.05) is 97.1 Å². The molecule has 0 N–H and O–H groups in total. The fourth-order valence-electron chi connectivity index (χ4n) is 6.62. The fraction of sp³-hybridized carbons (Fsp3) is 0. The van der Waals surface area contributed by atoms with Gasteiger partial charge in [0.2, 0.25) is 5.71 Å². The first-order valence-corrected chi connectivity index (χ1v) is 16.7. The summed E-state index contributed by atoms with van der Waals surface area (Å²) in [6.45, 7) is 0. The largest absolute Gasteiger partial charge is 0.438 e. The predicted molar refractivity (Wildman–Crippen MR) is 203 cm³/mol. The topological polar surface area (TPSA) is 90.5 Å². The first kappa shape index (κ1) is 28.9. The van der Waals surface area contributed by atoms with Crippen LogP contribution in [0.3, 0.4) is 0 Å². The smallest absolute Gasteiger partial charge is 0.227 e. The minimum atomic E-state index is 0.604. The van der Waals surface area contributed by atoms with Gasteiger partial charge in [0.1, 0.15) is 5.58 Å². The number of benzene rings is 5. The predicted octanol–water partition coefficient (Wildman–Crippen LogP) is 10.6. The minimum absolute atomic E-state index is 0.604. The zero-order valence-corrected chi connectivity index (χ0v) is 27.1. The molecule has 0 bridgehead atoms. The number of fused-ring (bicyclic) bond motifs is 6. The maximum atomic E-state index is 6.03. The number of para-hydroxylation sites is 1. The van der Waals surface area contributed by atoms with E-state index in [2.05, 4.69) is 42.5 Å². The van der Waals surface area contributed by atoms with Gasteiger partial charge in [-0.2, -0.15) is 0 Å². The molecule has 0 atom stereocenters. The van der Waals surface area contributed by atoms with E-state index in [1.54, 1.807) is 0 Å². The maximum absolute atomic E-state index is 6.03. The standard InChI is InChI=1S/C44H26N6O/c1-3-10-27(11-4-1)41-48-42(28-12-5-2-6-13-28)50-43(49-41)30-15-9-14-29(26-30)35-21-18-31-32-19-22-38(46-37(32)25-24-36(31)45-35)39-23-20-34-33-16-7-8-17-40(33)51-44(34)47-39/h1-26H. The molecule has 0 saturated carbocycles. The quantitative estimate of drug-likeness (QED) is 0.171. The molecule has 7 nitrogen and oxygen atoms in total. The summed E-state index contributed by atoms with van der Waals surface area (Å²) in [6, 6.07) is 52.6. The Labute approximate surface area is 292 Å². The lowest BCUT2D eigenvalue weighted by atomic mass is 10.0. The molecule has 0 aliphatic carbocycles. The Morgan fingerprint density at radius 2 is 0.824 bits per heavy atom. The van der Waals surface area contributed by atoms with Crippen LogP contribution in [0.15, 0.2) is 162 Å². The molecule has 5 aromatic carbocycles. The molecule has 10 rings (SSSR count). The van der Waals surface area contributed by atoms with Crippen molar-refractivity contribution < 1.29 is 4.42 Å². The van der Waals surface area contributed by atoms with Gasteiger partial charge in [-0.25, -0.2) is 29.9 Å². The van der Waals surface area contributed by atoms with Crippen LogP contribution >= 0.6 is 0 Å². The molecule has 0 unspecified atom stereocenters. The number of furan rings is 1. The molecule has 0 aliphatic rings. The van der Waals surface area contributed by atoms with Gasteiger partial charge in [0, 0.05) is 43.8 Å². The van der Waals surface area contributed by atoms with E-state index >= 15 is 0 Å². The zero-order valence-electron chi connectivity index (χ0n) is 27.1. The van der Waals surface area contributed by atoms with E-state index in [1.807, 2.05) is 115 Å². The fourth-order valence-corrected chi connectivity index (χ4v) is 6.62. The third-order valence-corrected chi connectivity index (χ3v) is 9.16. The van der Waals surface area contributed by atoms with Crippen LogP contribution in [0.1, 0.15) is 0 Å². The van der Waals surface area contributed by atoms with Crippen molar-refractivity contribution in [2.45, 2.75) is 0 Å². The van der Waals surface area contributed by atoms with Crippen LogP contribution in [0, 0.1) is 0 Å². The Kier molecular flexibility index (Phi) is 6.67. The first-order valence-electron chi connectivity index (χ1n) is 16.7. The van der Waals surface area contributed by atoms with Gasteiger partial charge in [0.15, 0.2) is 17.5 Å². The summed E-state index contributed by atoms with van der Waals surface area (Å²) in [5.41, 5.74) is 9.34. The second-order valence-corrected chi connectivity index (χ2v) is 12.4. The number of aromatic nitrogens is 6. The molecule has 0 radical (unpaired) electrons. The van der Waals surface area contributed by atoms with Crippen molar-refractivity contribution in [3.63, 3.8) is 0 Å². The summed E-state index contributed by atoms with van der Waals surface area (Å²) >= 11 is 0. The molecule has 5 heterocycles. The molecular formula is C44H26N6O. The van der Waals surface area contributed by atoms with Gasteiger partial charge in [0.25, 0.3) is 0 Å². The van der Waals surface area contributed by atoms with Crippen LogP contribution in [-0.2, 0) is 0 Å². The minimum Gasteiger partial charge on any atom is -0.438 e. The molecule has 0 aliphatic heterocycles. The van der Waals surface area contributed by atoms with Crippen LogP contribution in [0.5, 0.6) is 0 Å². The summed E-state index contributed by atoms with van der Waals surface area (Å²) in [7, 11) is 0. The van der Waals surface area contributed by atoms with Crippen LogP contribution in [0.25, 0.3) is 101 Å². The van der Waals surface area contributed by atoms with Crippen molar-refractivity contribution >= 4 is 43.9 Å². The lowest BCUT2D eigenvalue weighted by molar-refractivity contribution is 0.654. The maximum Gasteiger partial charge on any atom is 0.227 e. The molecule has 0 amide bonds. The van der Waals surface area contributed by atoms with E-state index in [0.717, 1.165) is 77.5 Å². The Morgan fingerprint density at radius 1 is 0.314 bits per heavy atom. The molecular weight excluding hydrogens is 629 g/mol. The van der Waals surface area contributed by atoms with Gasteiger partial charge in [-0.15, -0.1) is 0 Å². The summed E-state index contributed by atoms with van der Waals surface area (Å²) in [5, 5.41) is 4.12. The van der Waals surface area contributed by atoms with E-state index in [-0.39, 0.29) is 0 Å². The van der Waals surface area contributed by atoms with E-state index < -0.39 is 0 Å². The Morgan fingerprint density at radius 3 is 1.51 bits per heavy atom. The highest BCUT2D eigenvalue weighted by atomic mass is 16.3. The van der Waals surface area contributed by atoms with Crippen LogP contribution < -0.4 is 0 Å². The van der Waals surface area contributed by atoms with E-state index in [1.165, 1.54) is 0 Å². The number of pyridine rings is 3. The van der Waals surface area contributed by atoms with Gasteiger partial charge >= 0.3 is 0 Å². The molecule has 0 fully saturated rings. The lowest BCUT2D eigenvalue weighted by Crippen LogP contribution is -2.00. The number of nitrogens with zero attached hydrogens (tertiary/aromatic N) is 6. The van der Waals surface area contributed by atoms with Crippen LogP contribution in [-0.4, -0.2) is 29.9 Å². The highest BCUT2D eigenvalue weighted by molar-refractivity contribution is 6.06. The molecule has 7 heteroatoms. The van der Waals surface area contributed by atoms with E-state index in [9.17, 15) is 0 Å². The molecule has 51 heavy (non-hydrogen) atoms.